The molecule has 2 rings (SSSR count). The lowest BCUT2D eigenvalue weighted by Gasteiger charge is -2.09. The minimum absolute atomic E-state index is 0.180. The van der Waals surface area contributed by atoms with Gasteiger partial charge in [0.25, 0.3) is 0 Å². The van der Waals surface area contributed by atoms with Crippen molar-refractivity contribution >= 4 is 21.6 Å². The lowest BCUT2D eigenvalue weighted by molar-refractivity contribution is -0.387. The van der Waals surface area contributed by atoms with Crippen molar-refractivity contribution in [1.29, 1.82) is 0 Å². The highest BCUT2D eigenvalue weighted by molar-refractivity contribution is 9.10. The molecule has 0 aliphatic carbocycles. The summed E-state index contributed by atoms with van der Waals surface area (Å²) in [6.45, 7) is -0.181. The Kier molecular flexibility index (Phi) is 4.49. The van der Waals surface area contributed by atoms with E-state index in [2.05, 4.69) is 15.9 Å². The molecule has 2 aromatic carbocycles. The van der Waals surface area contributed by atoms with E-state index >= 15 is 0 Å². The van der Waals surface area contributed by atoms with Crippen LogP contribution < -0.4 is 4.74 Å². The van der Waals surface area contributed by atoms with E-state index in [4.69, 9.17) is 9.84 Å². The van der Waals surface area contributed by atoms with Crippen LogP contribution in [0.5, 0.6) is 11.5 Å². The normalized spacial score (nSPS) is 10.5. The van der Waals surface area contributed by atoms with Gasteiger partial charge in [0.2, 0.25) is 5.82 Å². The molecule has 0 saturated carbocycles. The van der Waals surface area contributed by atoms with Crippen LogP contribution in [0.15, 0.2) is 34.8 Å². The van der Waals surface area contributed by atoms with Crippen molar-refractivity contribution in [3.8, 4) is 11.5 Å². The van der Waals surface area contributed by atoms with E-state index in [1.165, 1.54) is 6.07 Å². The van der Waals surface area contributed by atoms with E-state index in [1.807, 2.05) is 0 Å². The molecule has 0 heterocycles. The Morgan fingerprint density at radius 2 is 1.90 bits per heavy atom. The Labute approximate surface area is 126 Å². The van der Waals surface area contributed by atoms with Crippen molar-refractivity contribution in [3.05, 3.63) is 62.1 Å². The zero-order valence-electron chi connectivity index (χ0n) is 10.3. The Bertz CT molecular complexity index is 709. The summed E-state index contributed by atoms with van der Waals surface area (Å²) in [7, 11) is 0. The predicted molar refractivity (Wildman–Crippen MR) is 73.2 cm³/mol. The number of aliphatic hydroxyl groups is 1. The van der Waals surface area contributed by atoms with Gasteiger partial charge in [-0.3, -0.25) is 10.1 Å². The van der Waals surface area contributed by atoms with Gasteiger partial charge in [-0.15, -0.1) is 0 Å². The number of hydrogen-bond acceptors (Lipinski definition) is 4. The first-order valence-electron chi connectivity index (χ1n) is 5.63. The fraction of sp³-hybridized carbons (Fsp3) is 0.0769. The second-order valence-electron chi connectivity index (χ2n) is 4.02. The van der Waals surface area contributed by atoms with E-state index < -0.39 is 28.0 Å². The molecular formula is C13H8BrF2NO4. The van der Waals surface area contributed by atoms with Crippen LogP contribution in [-0.4, -0.2) is 10.0 Å². The molecule has 0 amide bonds. The van der Waals surface area contributed by atoms with Crippen LogP contribution in [-0.2, 0) is 6.61 Å². The molecule has 0 aliphatic heterocycles. The average molecular weight is 360 g/mol. The average Bonchev–Trinajstić information content (AvgIpc) is 2.44. The van der Waals surface area contributed by atoms with Crippen molar-refractivity contribution in [1.82, 2.24) is 0 Å². The Balaban J connectivity index is 2.36. The summed E-state index contributed by atoms with van der Waals surface area (Å²) >= 11 is 3.17. The first-order valence-corrected chi connectivity index (χ1v) is 6.42. The largest absolute Gasteiger partial charge is 0.453 e. The zero-order chi connectivity index (χ0) is 15.6. The highest BCUT2D eigenvalue weighted by atomic mass is 79.9. The Morgan fingerprint density at radius 3 is 2.48 bits per heavy atom. The predicted octanol–water partition coefficient (Wildman–Crippen LogP) is 3.92. The second-order valence-corrected chi connectivity index (χ2v) is 4.87. The molecular weight excluding hydrogens is 352 g/mol. The van der Waals surface area contributed by atoms with Gasteiger partial charge < -0.3 is 9.84 Å². The molecule has 2 aromatic rings. The van der Waals surface area contributed by atoms with Crippen molar-refractivity contribution in [2.75, 3.05) is 0 Å². The molecule has 0 aliphatic rings. The third kappa shape index (κ3) is 3.34. The molecule has 8 heteroatoms. The van der Waals surface area contributed by atoms with Gasteiger partial charge in [0, 0.05) is 6.07 Å². The second kappa shape index (κ2) is 6.15. The third-order valence-corrected chi connectivity index (χ3v) is 3.22. The van der Waals surface area contributed by atoms with Crippen LogP contribution in [0.4, 0.5) is 14.5 Å². The summed E-state index contributed by atoms with van der Waals surface area (Å²) in [5.41, 5.74) is -0.362. The van der Waals surface area contributed by atoms with Gasteiger partial charge in [-0.05, 0) is 33.6 Å². The maximum Gasteiger partial charge on any atom is 0.307 e. The van der Waals surface area contributed by atoms with Crippen molar-refractivity contribution in [2.24, 2.45) is 0 Å². The van der Waals surface area contributed by atoms with Crippen LogP contribution in [0.25, 0.3) is 0 Å². The minimum atomic E-state index is -1.19. The summed E-state index contributed by atoms with van der Waals surface area (Å²) in [6.07, 6.45) is 0. The van der Waals surface area contributed by atoms with Crippen molar-refractivity contribution in [2.45, 2.75) is 6.61 Å². The van der Waals surface area contributed by atoms with Crippen LogP contribution >= 0.6 is 15.9 Å². The Morgan fingerprint density at radius 1 is 1.19 bits per heavy atom. The smallest absolute Gasteiger partial charge is 0.307 e. The standard InChI is InChI=1S/C13H8BrF2NO4/c14-8-3-7(6-18)1-2-12(8)21-13-5-9(15)11(17(19)20)4-10(13)16/h1-5,18H,6H2. The molecule has 0 spiro atoms. The van der Waals surface area contributed by atoms with Crippen LogP contribution in [0.2, 0.25) is 0 Å². The maximum atomic E-state index is 13.7. The highest BCUT2D eigenvalue weighted by Crippen LogP contribution is 2.34. The highest BCUT2D eigenvalue weighted by Gasteiger charge is 2.20. The summed E-state index contributed by atoms with van der Waals surface area (Å²) in [6, 6.07) is 5.61. The third-order valence-electron chi connectivity index (χ3n) is 2.60. The van der Waals surface area contributed by atoms with Gasteiger partial charge in [0.05, 0.1) is 22.1 Å². The molecule has 0 unspecified atom stereocenters. The summed E-state index contributed by atoms with van der Waals surface area (Å²) in [4.78, 5) is 9.48. The van der Waals surface area contributed by atoms with E-state index in [1.54, 1.807) is 12.1 Å². The van der Waals surface area contributed by atoms with Crippen LogP contribution in [0.3, 0.4) is 0 Å². The van der Waals surface area contributed by atoms with Crippen molar-refractivity contribution in [3.63, 3.8) is 0 Å². The van der Waals surface area contributed by atoms with E-state index in [-0.39, 0.29) is 12.4 Å². The maximum absolute atomic E-state index is 13.7. The van der Waals surface area contributed by atoms with Gasteiger partial charge in [-0.25, -0.2) is 4.39 Å². The molecule has 21 heavy (non-hydrogen) atoms. The lowest BCUT2D eigenvalue weighted by atomic mass is 10.2. The van der Waals surface area contributed by atoms with Gasteiger partial charge in [-0.2, -0.15) is 4.39 Å². The molecule has 5 nitrogen and oxygen atoms in total. The zero-order valence-corrected chi connectivity index (χ0v) is 11.9. The van der Waals surface area contributed by atoms with E-state index in [0.29, 0.717) is 22.2 Å². The topological polar surface area (TPSA) is 72.6 Å². The monoisotopic (exact) mass is 359 g/mol. The van der Waals surface area contributed by atoms with Crippen molar-refractivity contribution < 1.29 is 23.5 Å². The van der Waals surface area contributed by atoms with Crippen LogP contribution in [0, 0.1) is 21.7 Å². The fourth-order valence-corrected chi connectivity index (χ4v) is 2.09. The number of halogens is 3. The molecule has 0 radical (unpaired) electrons. The summed E-state index contributed by atoms with van der Waals surface area (Å²) < 4.78 is 32.8. The first-order chi connectivity index (χ1) is 9.92. The SMILES string of the molecule is O=[N+]([O-])c1cc(F)c(Oc2ccc(CO)cc2Br)cc1F. The minimum Gasteiger partial charge on any atom is -0.453 e. The number of benzene rings is 2. The number of nitrogens with zero attached hydrogens (tertiary/aromatic N) is 1. The molecule has 0 atom stereocenters. The number of rotatable bonds is 4. The van der Waals surface area contributed by atoms with E-state index in [0.717, 1.165) is 0 Å². The summed E-state index contributed by atoms with van der Waals surface area (Å²) in [5, 5.41) is 19.5. The Hall–Kier alpha value is -2.06. The fourth-order valence-electron chi connectivity index (χ4n) is 1.58. The first kappa shape index (κ1) is 15.3. The number of nitro benzene ring substituents is 1. The number of nitro groups is 1. The number of aliphatic hydroxyl groups excluding tert-OH is 1. The molecule has 0 bridgehead atoms. The molecule has 110 valence electrons. The van der Waals surface area contributed by atoms with Gasteiger partial charge in [0.15, 0.2) is 11.6 Å². The number of hydrogen-bond donors (Lipinski definition) is 1. The van der Waals surface area contributed by atoms with Crippen LogP contribution in [0.1, 0.15) is 5.56 Å². The van der Waals surface area contributed by atoms with Gasteiger partial charge >= 0.3 is 5.69 Å². The lowest BCUT2D eigenvalue weighted by Crippen LogP contribution is -1.97. The van der Waals surface area contributed by atoms with Gasteiger partial charge in [0.1, 0.15) is 5.75 Å². The molecule has 1 N–H and O–H groups in total. The molecule has 0 aromatic heterocycles. The quantitative estimate of drug-likeness (QED) is 0.663. The molecule has 0 saturated heterocycles. The molecule has 0 fully saturated rings. The van der Waals surface area contributed by atoms with E-state index in [9.17, 15) is 18.9 Å². The number of ether oxygens (including phenoxy) is 1. The van der Waals surface area contributed by atoms with Gasteiger partial charge in [-0.1, -0.05) is 6.07 Å². The summed E-state index contributed by atoms with van der Waals surface area (Å²) in [5.74, 6) is -2.55.